The number of benzene rings is 1. The lowest BCUT2D eigenvalue weighted by atomic mass is 9.95. The number of allylic oxidation sites excluding steroid dienone is 4. The van der Waals surface area contributed by atoms with Crippen molar-refractivity contribution in [3.8, 4) is 11.5 Å². The Morgan fingerprint density at radius 1 is 1.03 bits per heavy atom. The van der Waals surface area contributed by atoms with Gasteiger partial charge < -0.3 is 34.6 Å². The first-order chi connectivity index (χ1) is 14.7. The van der Waals surface area contributed by atoms with Crippen LogP contribution in [-0.2, 0) is 14.3 Å². The normalized spacial score (nSPS) is 20.4. The van der Waals surface area contributed by atoms with Gasteiger partial charge in [-0.05, 0) is 31.6 Å². The third kappa shape index (κ3) is 4.66. The predicted molar refractivity (Wildman–Crippen MR) is 104 cm³/mol. The molecule has 2 atom stereocenters. The molecule has 2 unspecified atom stereocenters. The van der Waals surface area contributed by atoms with Crippen LogP contribution in [0.4, 0.5) is 0 Å². The molecule has 1 heterocycles. The highest BCUT2D eigenvalue weighted by atomic mass is 16.7. The van der Waals surface area contributed by atoms with E-state index in [4.69, 9.17) is 19.3 Å². The molecule has 1 aromatic carbocycles. The van der Waals surface area contributed by atoms with Crippen LogP contribution in [-0.4, -0.2) is 63.4 Å². The zero-order valence-electron chi connectivity index (χ0n) is 16.4. The lowest BCUT2D eigenvalue weighted by molar-refractivity contribution is -0.125. The number of fused-ring (bicyclic) bond motifs is 1. The third-order valence-corrected chi connectivity index (χ3v) is 4.48. The molecule has 3 rings (SSSR count). The monoisotopic (exact) mass is 432 g/mol. The Labute approximate surface area is 176 Å². The minimum atomic E-state index is -1.07. The fourth-order valence-corrected chi connectivity index (χ4v) is 2.98. The molecule has 10 heteroatoms. The number of aliphatic hydroxyl groups excluding tert-OH is 4. The highest BCUT2D eigenvalue weighted by Crippen LogP contribution is 2.34. The van der Waals surface area contributed by atoms with Gasteiger partial charge in [-0.2, -0.15) is 0 Å². The highest BCUT2D eigenvalue weighted by molar-refractivity contribution is 6.51. The molecule has 164 valence electrons. The zero-order chi connectivity index (χ0) is 22.7. The second-order valence-electron chi connectivity index (χ2n) is 6.72. The maximum atomic E-state index is 12.5. The number of hydrogen-bond donors (Lipinski definition) is 4. The van der Waals surface area contributed by atoms with Crippen molar-refractivity contribution in [1.82, 2.24) is 0 Å². The van der Waals surface area contributed by atoms with E-state index in [0.717, 1.165) is 6.08 Å². The number of ether oxygens (including phenoxy) is 3. The SMILES string of the molecule is CC(Oc1ccc2c(c1)O/C(=C1/C=C(O)C(O)=CC1=O)C(=O)C2=O)OC(CO)CCO. The van der Waals surface area contributed by atoms with Crippen LogP contribution in [0.3, 0.4) is 0 Å². The van der Waals surface area contributed by atoms with Gasteiger partial charge in [-0.15, -0.1) is 0 Å². The second kappa shape index (κ2) is 9.13. The smallest absolute Gasteiger partial charge is 0.269 e. The molecular formula is C21H20O10. The van der Waals surface area contributed by atoms with Crippen molar-refractivity contribution in [2.75, 3.05) is 13.2 Å². The number of carbonyl (C=O) groups excluding carboxylic acids is 3. The molecule has 0 bridgehead atoms. The zero-order valence-corrected chi connectivity index (χ0v) is 16.4. The Morgan fingerprint density at radius 3 is 2.42 bits per heavy atom. The molecule has 1 aliphatic heterocycles. The van der Waals surface area contributed by atoms with Gasteiger partial charge in [0, 0.05) is 18.7 Å². The van der Waals surface area contributed by atoms with Gasteiger partial charge in [-0.1, -0.05) is 0 Å². The van der Waals surface area contributed by atoms with Gasteiger partial charge >= 0.3 is 0 Å². The van der Waals surface area contributed by atoms with Crippen LogP contribution in [0.15, 0.2) is 53.2 Å². The maximum Gasteiger partial charge on any atom is 0.269 e. The summed E-state index contributed by atoms with van der Waals surface area (Å²) in [5, 5.41) is 37.3. The van der Waals surface area contributed by atoms with E-state index in [1.54, 1.807) is 6.92 Å². The van der Waals surface area contributed by atoms with Crippen LogP contribution in [0.5, 0.6) is 11.5 Å². The lowest BCUT2D eigenvalue weighted by Gasteiger charge is -2.23. The topological polar surface area (TPSA) is 160 Å². The summed E-state index contributed by atoms with van der Waals surface area (Å²) in [7, 11) is 0. The first-order valence-electron chi connectivity index (χ1n) is 9.30. The number of hydrogen-bond acceptors (Lipinski definition) is 10. The number of aliphatic hydroxyl groups is 4. The van der Waals surface area contributed by atoms with E-state index in [9.17, 15) is 29.7 Å². The molecule has 31 heavy (non-hydrogen) atoms. The predicted octanol–water partition coefficient (Wildman–Crippen LogP) is 1.04. The average molecular weight is 432 g/mol. The Hall–Kier alpha value is -3.47. The highest BCUT2D eigenvalue weighted by Gasteiger charge is 2.36. The number of carbonyl (C=O) groups is 3. The minimum absolute atomic E-state index is 0.0429. The van der Waals surface area contributed by atoms with Crippen molar-refractivity contribution in [3.05, 3.63) is 58.8 Å². The molecule has 0 radical (unpaired) electrons. The lowest BCUT2D eigenvalue weighted by Crippen LogP contribution is -2.29. The molecule has 0 amide bonds. The average Bonchev–Trinajstić information content (AvgIpc) is 2.73. The standard InChI is InChI=1S/C21H20O10/c1-10(30-12(9-23)4-5-22)29-11-2-3-13-18(6-11)31-21(20(28)19(13)27)14-7-16(25)17(26)8-15(14)24/h2-3,6-8,10,12,22-23,25-26H,4-5,9H2,1H3/b21-14-. The van der Waals surface area contributed by atoms with Gasteiger partial charge in [-0.25, -0.2) is 0 Å². The van der Waals surface area contributed by atoms with E-state index in [2.05, 4.69) is 0 Å². The molecule has 0 aromatic heterocycles. The van der Waals surface area contributed by atoms with Gasteiger partial charge in [0.1, 0.15) is 11.5 Å². The van der Waals surface area contributed by atoms with Crippen molar-refractivity contribution in [2.45, 2.75) is 25.7 Å². The number of rotatable bonds is 7. The summed E-state index contributed by atoms with van der Waals surface area (Å²) in [5.74, 6) is -4.55. The van der Waals surface area contributed by atoms with Gasteiger partial charge in [0.15, 0.2) is 29.4 Å². The molecule has 1 aliphatic carbocycles. The molecule has 0 fully saturated rings. The van der Waals surface area contributed by atoms with Gasteiger partial charge in [-0.3, -0.25) is 14.4 Å². The van der Waals surface area contributed by atoms with Crippen LogP contribution in [0.1, 0.15) is 23.7 Å². The molecule has 10 nitrogen and oxygen atoms in total. The largest absolute Gasteiger partial charge is 0.504 e. The Bertz CT molecular complexity index is 1020. The molecular weight excluding hydrogens is 412 g/mol. The van der Waals surface area contributed by atoms with Gasteiger partial charge in [0.2, 0.25) is 5.78 Å². The van der Waals surface area contributed by atoms with Crippen LogP contribution in [0, 0.1) is 0 Å². The van der Waals surface area contributed by atoms with E-state index in [0.29, 0.717) is 6.08 Å². The summed E-state index contributed by atoms with van der Waals surface area (Å²) < 4.78 is 16.5. The minimum Gasteiger partial charge on any atom is -0.504 e. The number of ketones is 3. The van der Waals surface area contributed by atoms with Crippen molar-refractivity contribution in [3.63, 3.8) is 0 Å². The van der Waals surface area contributed by atoms with E-state index >= 15 is 0 Å². The fourth-order valence-electron chi connectivity index (χ4n) is 2.98. The van der Waals surface area contributed by atoms with Crippen LogP contribution in [0.2, 0.25) is 0 Å². The van der Waals surface area contributed by atoms with Crippen LogP contribution in [0.25, 0.3) is 0 Å². The Kier molecular flexibility index (Phi) is 6.54. The van der Waals surface area contributed by atoms with E-state index in [1.165, 1.54) is 18.2 Å². The first-order valence-corrected chi connectivity index (χ1v) is 9.30. The molecule has 0 spiro atoms. The van der Waals surface area contributed by atoms with Crippen molar-refractivity contribution in [2.24, 2.45) is 0 Å². The van der Waals surface area contributed by atoms with E-state index < -0.39 is 47.0 Å². The quantitative estimate of drug-likeness (QED) is 0.278. The van der Waals surface area contributed by atoms with Crippen LogP contribution >= 0.6 is 0 Å². The third-order valence-electron chi connectivity index (χ3n) is 4.48. The number of Topliss-reactive ketones (excluding diaryl/α,β-unsaturated/α-hetero) is 2. The summed E-state index contributed by atoms with van der Waals surface area (Å²) in [6, 6.07) is 4.06. The summed E-state index contributed by atoms with van der Waals surface area (Å²) in [6.45, 7) is 1.08. The summed E-state index contributed by atoms with van der Waals surface area (Å²) in [6.07, 6.45) is 0.301. The first kappa shape index (κ1) is 22.2. The summed E-state index contributed by atoms with van der Waals surface area (Å²) >= 11 is 0. The maximum absolute atomic E-state index is 12.5. The molecule has 0 saturated carbocycles. The molecule has 4 N–H and O–H groups in total. The van der Waals surface area contributed by atoms with Crippen molar-refractivity contribution < 1.29 is 49.0 Å². The summed E-state index contributed by atoms with van der Waals surface area (Å²) in [5.41, 5.74) is -0.421. The summed E-state index contributed by atoms with van der Waals surface area (Å²) in [4.78, 5) is 37.0. The Morgan fingerprint density at radius 2 is 1.74 bits per heavy atom. The van der Waals surface area contributed by atoms with Crippen LogP contribution < -0.4 is 9.47 Å². The molecule has 2 aliphatic rings. The Balaban J connectivity index is 1.87. The van der Waals surface area contributed by atoms with Crippen molar-refractivity contribution in [1.29, 1.82) is 0 Å². The van der Waals surface area contributed by atoms with Crippen molar-refractivity contribution >= 4 is 17.3 Å². The van der Waals surface area contributed by atoms with E-state index in [1.807, 2.05) is 0 Å². The second-order valence-corrected chi connectivity index (χ2v) is 6.72. The van der Waals surface area contributed by atoms with Gasteiger partial charge in [0.25, 0.3) is 5.78 Å². The fraction of sp³-hybridized carbons (Fsp3) is 0.286. The molecule has 0 saturated heterocycles. The van der Waals surface area contributed by atoms with E-state index in [-0.39, 0.29) is 42.3 Å². The molecule has 1 aromatic rings. The van der Waals surface area contributed by atoms with Gasteiger partial charge in [0.05, 0.1) is 23.8 Å².